The van der Waals surface area contributed by atoms with E-state index < -0.39 is 12.1 Å². The number of fused-ring (bicyclic) bond motifs is 1. The van der Waals surface area contributed by atoms with Gasteiger partial charge < -0.3 is 0 Å². The highest BCUT2D eigenvalue weighted by molar-refractivity contribution is 5.46. The van der Waals surface area contributed by atoms with Crippen molar-refractivity contribution in [3.05, 3.63) is 28.7 Å². The Labute approximate surface area is 153 Å². The van der Waals surface area contributed by atoms with Gasteiger partial charge in [-0.3, -0.25) is 0 Å². The van der Waals surface area contributed by atoms with Crippen molar-refractivity contribution in [2.45, 2.75) is 84.2 Å². The van der Waals surface area contributed by atoms with Gasteiger partial charge in [-0.05, 0) is 50.5 Å². The first-order chi connectivity index (χ1) is 12.2. The van der Waals surface area contributed by atoms with Gasteiger partial charge in [0.25, 0.3) is 0 Å². The van der Waals surface area contributed by atoms with Crippen LogP contribution in [-0.4, -0.2) is 20.8 Å². The van der Waals surface area contributed by atoms with E-state index in [1.807, 2.05) is 17.5 Å². The lowest BCUT2D eigenvalue weighted by molar-refractivity contribution is -0.182. The molecule has 2 aromatic rings. The topological polar surface area (TPSA) is 30.2 Å². The van der Waals surface area contributed by atoms with Crippen molar-refractivity contribution in [3.8, 4) is 0 Å². The van der Waals surface area contributed by atoms with Gasteiger partial charge in [-0.1, -0.05) is 27.2 Å². The average molecular weight is 367 g/mol. The summed E-state index contributed by atoms with van der Waals surface area (Å²) in [5.74, 6) is -0.685. The van der Waals surface area contributed by atoms with Crippen LogP contribution in [0.1, 0.15) is 87.4 Å². The molecular formula is C20H28F3N3. The zero-order chi connectivity index (χ0) is 19.1. The van der Waals surface area contributed by atoms with Gasteiger partial charge in [-0.2, -0.15) is 18.3 Å². The smallest absolute Gasteiger partial charge is 0.234 e. The molecule has 1 saturated carbocycles. The molecule has 0 aromatic carbocycles. The Morgan fingerprint density at radius 1 is 1.19 bits per heavy atom. The van der Waals surface area contributed by atoms with Crippen LogP contribution in [0.3, 0.4) is 0 Å². The maximum absolute atomic E-state index is 12.9. The van der Waals surface area contributed by atoms with E-state index in [-0.39, 0.29) is 18.8 Å². The number of alkyl halides is 3. The first-order valence-electron chi connectivity index (χ1n) is 9.68. The summed E-state index contributed by atoms with van der Waals surface area (Å²) >= 11 is 0. The van der Waals surface area contributed by atoms with Crippen molar-refractivity contribution in [2.75, 3.05) is 0 Å². The van der Waals surface area contributed by atoms with Crippen LogP contribution in [0.5, 0.6) is 0 Å². The molecule has 0 unspecified atom stereocenters. The first kappa shape index (κ1) is 19.2. The number of rotatable bonds is 4. The molecule has 3 nitrogen and oxygen atoms in total. The van der Waals surface area contributed by atoms with Crippen LogP contribution in [0.15, 0.2) is 6.07 Å². The first-order valence-corrected chi connectivity index (χ1v) is 9.68. The Morgan fingerprint density at radius 2 is 1.85 bits per heavy atom. The maximum atomic E-state index is 12.9. The fraction of sp³-hybridized carbons (Fsp3) is 0.700. The Balaban J connectivity index is 1.94. The highest BCUT2D eigenvalue weighted by Gasteiger charge is 2.42. The zero-order valence-corrected chi connectivity index (χ0v) is 16.0. The van der Waals surface area contributed by atoms with Crippen LogP contribution >= 0.6 is 0 Å². The average Bonchev–Trinajstić information content (AvgIpc) is 2.97. The molecule has 0 amide bonds. The minimum atomic E-state index is -4.07. The summed E-state index contributed by atoms with van der Waals surface area (Å²) in [6, 6.07) is 1.98. The number of aromatic nitrogens is 3. The molecule has 0 atom stereocenters. The van der Waals surface area contributed by atoms with Crippen molar-refractivity contribution in [1.29, 1.82) is 0 Å². The standard InChI is InChI=1S/C20H28F3N3/c1-5-6-17-19(12(2)3)13(4)24-18-11-16(25-26(17)18)14-7-9-15(10-8-14)20(21,22)23/h11-12,14-15H,5-10H2,1-4H3. The zero-order valence-electron chi connectivity index (χ0n) is 16.0. The highest BCUT2D eigenvalue weighted by Crippen LogP contribution is 2.42. The summed E-state index contributed by atoms with van der Waals surface area (Å²) in [7, 11) is 0. The fourth-order valence-electron chi connectivity index (χ4n) is 4.37. The molecule has 0 spiro atoms. The second-order valence-electron chi connectivity index (χ2n) is 7.89. The highest BCUT2D eigenvalue weighted by atomic mass is 19.4. The van der Waals surface area contributed by atoms with Gasteiger partial charge in [0, 0.05) is 23.4 Å². The van der Waals surface area contributed by atoms with E-state index in [1.165, 1.54) is 11.3 Å². The number of hydrogen-bond acceptors (Lipinski definition) is 2. The molecule has 3 rings (SSSR count). The molecule has 0 radical (unpaired) electrons. The summed E-state index contributed by atoms with van der Waals surface area (Å²) in [4.78, 5) is 4.73. The minimum absolute atomic E-state index is 0.104. The van der Waals surface area contributed by atoms with Gasteiger partial charge in [0.1, 0.15) is 0 Å². The number of nitrogens with zero attached hydrogens (tertiary/aromatic N) is 3. The fourth-order valence-corrected chi connectivity index (χ4v) is 4.37. The predicted octanol–water partition coefficient (Wildman–Crippen LogP) is 5.95. The predicted molar refractivity (Wildman–Crippen MR) is 96.6 cm³/mol. The van der Waals surface area contributed by atoms with E-state index in [1.54, 1.807) is 0 Å². The van der Waals surface area contributed by atoms with E-state index >= 15 is 0 Å². The van der Waals surface area contributed by atoms with E-state index in [0.717, 1.165) is 29.9 Å². The van der Waals surface area contributed by atoms with Crippen LogP contribution in [0.4, 0.5) is 13.2 Å². The quantitative estimate of drug-likeness (QED) is 0.668. The van der Waals surface area contributed by atoms with Crippen molar-refractivity contribution < 1.29 is 13.2 Å². The van der Waals surface area contributed by atoms with Crippen LogP contribution in [0, 0.1) is 12.8 Å². The molecule has 26 heavy (non-hydrogen) atoms. The van der Waals surface area contributed by atoms with Gasteiger partial charge in [-0.15, -0.1) is 0 Å². The molecular weight excluding hydrogens is 339 g/mol. The lowest BCUT2D eigenvalue weighted by Gasteiger charge is -2.28. The second-order valence-corrected chi connectivity index (χ2v) is 7.89. The van der Waals surface area contributed by atoms with Crippen molar-refractivity contribution in [3.63, 3.8) is 0 Å². The molecule has 0 N–H and O–H groups in total. The van der Waals surface area contributed by atoms with Gasteiger partial charge in [-0.25, -0.2) is 9.50 Å². The van der Waals surface area contributed by atoms with Gasteiger partial charge in [0.15, 0.2) is 5.65 Å². The Hall–Kier alpha value is -1.59. The third-order valence-electron chi connectivity index (χ3n) is 5.62. The largest absolute Gasteiger partial charge is 0.391 e. The SMILES string of the molecule is CCCc1c(C(C)C)c(C)nc2cc(C3CCC(C(F)(F)F)CC3)nn12. The lowest BCUT2D eigenvalue weighted by Crippen LogP contribution is -2.27. The van der Waals surface area contributed by atoms with Crippen molar-refractivity contribution >= 4 is 5.65 Å². The summed E-state index contributed by atoms with van der Waals surface area (Å²) in [5, 5.41) is 4.80. The lowest BCUT2D eigenvalue weighted by atomic mass is 9.80. The van der Waals surface area contributed by atoms with Crippen LogP contribution in [-0.2, 0) is 6.42 Å². The molecule has 1 aliphatic carbocycles. The molecule has 1 aliphatic rings. The van der Waals surface area contributed by atoms with Crippen LogP contribution in [0.2, 0.25) is 0 Å². The van der Waals surface area contributed by atoms with Crippen LogP contribution < -0.4 is 0 Å². The molecule has 0 bridgehead atoms. The Bertz CT molecular complexity index is 769. The van der Waals surface area contributed by atoms with Gasteiger partial charge in [0.2, 0.25) is 0 Å². The maximum Gasteiger partial charge on any atom is 0.391 e. The summed E-state index contributed by atoms with van der Waals surface area (Å²) in [6.45, 7) is 8.51. The van der Waals surface area contributed by atoms with E-state index in [0.29, 0.717) is 18.8 Å². The van der Waals surface area contributed by atoms with Crippen molar-refractivity contribution in [1.82, 2.24) is 14.6 Å². The van der Waals surface area contributed by atoms with E-state index in [4.69, 9.17) is 10.1 Å². The third-order valence-corrected chi connectivity index (χ3v) is 5.62. The summed E-state index contributed by atoms with van der Waals surface area (Å²) in [6.07, 6.45) is -0.621. The minimum Gasteiger partial charge on any atom is -0.234 e. The summed E-state index contributed by atoms with van der Waals surface area (Å²) < 4.78 is 40.7. The normalized spacial score (nSPS) is 21.7. The molecule has 0 saturated heterocycles. The number of hydrogen-bond donors (Lipinski definition) is 0. The van der Waals surface area contributed by atoms with Crippen molar-refractivity contribution in [2.24, 2.45) is 5.92 Å². The van der Waals surface area contributed by atoms with E-state index in [2.05, 4.69) is 20.8 Å². The molecule has 144 valence electrons. The van der Waals surface area contributed by atoms with Crippen LogP contribution in [0.25, 0.3) is 5.65 Å². The van der Waals surface area contributed by atoms with Gasteiger partial charge in [0.05, 0.1) is 11.6 Å². The van der Waals surface area contributed by atoms with Gasteiger partial charge >= 0.3 is 6.18 Å². The number of halogens is 3. The monoisotopic (exact) mass is 367 g/mol. The molecule has 2 heterocycles. The third kappa shape index (κ3) is 3.60. The Morgan fingerprint density at radius 3 is 2.38 bits per heavy atom. The molecule has 2 aromatic heterocycles. The molecule has 0 aliphatic heterocycles. The number of aryl methyl sites for hydroxylation is 2. The Kier molecular flexibility index (Phi) is 5.31. The van der Waals surface area contributed by atoms with E-state index in [9.17, 15) is 13.2 Å². The molecule has 1 fully saturated rings. The molecule has 6 heteroatoms. The second kappa shape index (κ2) is 7.20. The summed E-state index contributed by atoms with van der Waals surface area (Å²) in [5.41, 5.74) is 5.19.